The Labute approximate surface area is 98.1 Å². The highest BCUT2D eigenvalue weighted by Gasteiger charge is 2.46. The first-order chi connectivity index (χ1) is 7.79. The van der Waals surface area contributed by atoms with Gasteiger partial charge in [-0.15, -0.1) is 0 Å². The third-order valence-electron chi connectivity index (χ3n) is 1.82. The monoisotopic (exact) mass is 282 g/mol. The zero-order valence-corrected chi connectivity index (χ0v) is 9.66. The summed E-state index contributed by atoms with van der Waals surface area (Å²) in [5, 5.41) is -0.302. The first-order valence-corrected chi connectivity index (χ1v) is 6.54. The zero-order valence-electron chi connectivity index (χ0n) is 8.02. The van der Waals surface area contributed by atoms with Gasteiger partial charge in [0.1, 0.15) is 0 Å². The van der Waals surface area contributed by atoms with Crippen LogP contribution < -0.4 is 4.72 Å². The molecule has 92 valence electrons. The summed E-state index contributed by atoms with van der Waals surface area (Å²) in [6.45, 7) is 0. The van der Waals surface area contributed by atoms with E-state index in [-0.39, 0.29) is 5.13 Å². The number of para-hydroxylation sites is 1. The lowest BCUT2D eigenvalue weighted by molar-refractivity contribution is -0.0429. The molecule has 1 aromatic carbocycles. The van der Waals surface area contributed by atoms with Crippen LogP contribution in [0.15, 0.2) is 24.3 Å². The summed E-state index contributed by atoms with van der Waals surface area (Å²) in [5.41, 5.74) is -4.90. The van der Waals surface area contributed by atoms with Gasteiger partial charge in [0.25, 0.3) is 0 Å². The highest BCUT2D eigenvalue weighted by molar-refractivity contribution is 7.93. The average molecular weight is 282 g/mol. The van der Waals surface area contributed by atoms with Gasteiger partial charge >= 0.3 is 15.5 Å². The Kier molecular flexibility index (Phi) is 2.74. The van der Waals surface area contributed by atoms with Crippen molar-refractivity contribution in [1.29, 1.82) is 0 Å². The second-order valence-corrected chi connectivity index (χ2v) is 5.74. The van der Waals surface area contributed by atoms with Gasteiger partial charge in [0.05, 0.1) is 10.2 Å². The molecule has 0 aliphatic carbocycles. The number of alkyl halides is 3. The number of thiazole rings is 1. The van der Waals surface area contributed by atoms with Crippen molar-refractivity contribution in [3.8, 4) is 0 Å². The molecule has 9 heteroatoms. The van der Waals surface area contributed by atoms with Gasteiger partial charge in [-0.3, -0.25) is 4.72 Å². The molecule has 2 aromatic rings. The van der Waals surface area contributed by atoms with Gasteiger partial charge in [-0.2, -0.15) is 21.6 Å². The van der Waals surface area contributed by atoms with Gasteiger partial charge < -0.3 is 0 Å². The summed E-state index contributed by atoms with van der Waals surface area (Å²) in [4.78, 5) is 3.74. The van der Waals surface area contributed by atoms with Crippen molar-refractivity contribution < 1.29 is 21.6 Å². The van der Waals surface area contributed by atoms with Crippen LogP contribution in [0.3, 0.4) is 0 Å². The van der Waals surface area contributed by atoms with Crippen LogP contribution in [0.5, 0.6) is 0 Å². The Morgan fingerprint density at radius 3 is 2.47 bits per heavy atom. The molecule has 0 saturated carbocycles. The number of nitrogens with one attached hydrogen (secondary N) is 1. The molecule has 17 heavy (non-hydrogen) atoms. The van der Waals surface area contributed by atoms with E-state index >= 15 is 0 Å². The standard InChI is InChI=1S/C8H5F3N2O2S2/c9-8(10,11)17(14,15)13-7-12-5-3-1-2-4-6(5)16-7/h1-4H,(H,12,13). The van der Waals surface area contributed by atoms with Gasteiger partial charge in [0, 0.05) is 0 Å². The first kappa shape index (κ1) is 12.1. The quantitative estimate of drug-likeness (QED) is 0.921. The maximum atomic E-state index is 12.1. The Balaban J connectivity index is 2.37. The van der Waals surface area contributed by atoms with Crippen LogP contribution in [0.4, 0.5) is 18.3 Å². The smallest absolute Gasteiger partial charge is 0.251 e. The fourth-order valence-electron chi connectivity index (χ4n) is 1.09. The zero-order chi connectivity index (χ0) is 12.7. The number of nitrogens with zero attached hydrogens (tertiary/aromatic N) is 1. The fourth-order valence-corrected chi connectivity index (χ4v) is 2.69. The molecule has 0 spiro atoms. The molecule has 0 unspecified atom stereocenters. The van der Waals surface area contributed by atoms with E-state index in [1.807, 2.05) is 0 Å². The molecule has 0 atom stereocenters. The molecular weight excluding hydrogens is 277 g/mol. The molecule has 1 N–H and O–H groups in total. The van der Waals surface area contributed by atoms with E-state index in [1.54, 1.807) is 24.3 Å². The van der Waals surface area contributed by atoms with Crippen LogP contribution >= 0.6 is 11.3 Å². The van der Waals surface area contributed by atoms with Gasteiger partial charge in [-0.25, -0.2) is 4.98 Å². The number of rotatable bonds is 2. The number of hydrogen-bond acceptors (Lipinski definition) is 4. The third kappa shape index (κ3) is 2.34. The maximum absolute atomic E-state index is 12.1. The molecule has 0 fully saturated rings. The van der Waals surface area contributed by atoms with Gasteiger partial charge in [0.2, 0.25) is 0 Å². The Morgan fingerprint density at radius 1 is 1.24 bits per heavy atom. The number of fused-ring (bicyclic) bond motifs is 1. The average Bonchev–Trinajstić information content (AvgIpc) is 2.56. The lowest BCUT2D eigenvalue weighted by Crippen LogP contribution is -2.29. The van der Waals surface area contributed by atoms with Gasteiger partial charge in [-0.05, 0) is 12.1 Å². The normalized spacial score (nSPS) is 12.9. The molecule has 0 aliphatic rings. The number of sulfonamides is 1. The summed E-state index contributed by atoms with van der Waals surface area (Å²) < 4.78 is 60.0. The minimum absolute atomic E-state index is 0.302. The molecule has 2 rings (SSSR count). The topological polar surface area (TPSA) is 59.1 Å². The minimum atomic E-state index is -5.40. The molecule has 0 radical (unpaired) electrons. The summed E-state index contributed by atoms with van der Waals surface area (Å²) in [6, 6.07) is 6.56. The number of benzene rings is 1. The first-order valence-electron chi connectivity index (χ1n) is 4.24. The van der Waals surface area contributed by atoms with Crippen LogP contribution in [-0.4, -0.2) is 18.9 Å². The highest BCUT2D eigenvalue weighted by atomic mass is 32.2. The van der Waals surface area contributed by atoms with Crippen molar-refractivity contribution in [3.05, 3.63) is 24.3 Å². The van der Waals surface area contributed by atoms with Crippen molar-refractivity contribution >= 4 is 36.7 Å². The summed E-state index contributed by atoms with van der Waals surface area (Å²) in [7, 11) is -5.40. The molecule has 0 aliphatic heterocycles. The Hall–Kier alpha value is -1.35. The molecule has 1 aromatic heterocycles. The van der Waals surface area contributed by atoms with Gasteiger partial charge in [-0.1, -0.05) is 23.5 Å². The summed E-state index contributed by atoms with van der Waals surface area (Å²) >= 11 is 0.839. The van der Waals surface area contributed by atoms with E-state index in [9.17, 15) is 21.6 Å². The van der Waals surface area contributed by atoms with E-state index in [2.05, 4.69) is 4.98 Å². The predicted molar refractivity (Wildman–Crippen MR) is 58.2 cm³/mol. The SMILES string of the molecule is O=S(=O)(Nc1nc2ccccc2s1)C(F)(F)F. The maximum Gasteiger partial charge on any atom is 0.516 e. The fraction of sp³-hybridized carbons (Fsp3) is 0.125. The van der Waals surface area contributed by atoms with Crippen molar-refractivity contribution in [2.45, 2.75) is 5.51 Å². The lowest BCUT2D eigenvalue weighted by Gasteiger charge is -2.07. The predicted octanol–water partition coefficient (Wildman–Crippen LogP) is 2.56. The number of hydrogen-bond donors (Lipinski definition) is 1. The summed E-state index contributed by atoms with van der Waals surface area (Å²) in [5.74, 6) is 0. The van der Waals surface area contributed by atoms with E-state index in [0.717, 1.165) is 11.3 Å². The Morgan fingerprint density at radius 2 is 1.88 bits per heavy atom. The number of anilines is 1. The Bertz CT molecular complexity index is 615. The van der Waals surface area contributed by atoms with E-state index in [0.29, 0.717) is 10.2 Å². The molecular formula is C8H5F3N2O2S2. The van der Waals surface area contributed by atoms with Crippen molar-refractivity contribution in [1.82, 2.24) is 4.98 Å². The molecule has 0 saturated heterocycles. The largest absolute Gasteiger partial charge is 0.516 e. The molecule has 0 amide bonds. The third-order valence-corrected chi connectivity index (χ3v) is 3.97. The van der Waals surface area contributed by atoms with Crippen molar-refractivity contribution in [3.63, 3.8) is 0 Å². The summed E-state index contributed by atoms with van der Waals surface area (Å²) in [6.07, 6.45) is 0. The van der Waals surface area contributed by atoms with Crippen LogP contribution in [0, 0.1) is 0 Å². The number of aromatic nitrogens is 1. The van der Waals surface area contributed by atoms with Crippen LogP contribution in [0.1, 0.15) is 0 Å². The second-order valence-electron chi connectivity index (χ2n) is 3.04. The second kappa shape index (κ2) is 3.84. The van der Waals surface area contributed by atoms with E-state index < -0.39 is 15.5 Å². The van der Waals surface area contributed by atoms with Gasteiger partial charge in [0.15, 0.2) is 5.13 Å². The lowest BCUT2D eigenvalue weighted by atomic mass is 10.3. The highest BCUT2D eigenvalue weighted by Crippen LogP contribution is 2.30. The van der Waals surface area contributed by atoms with Crippen molar-refractivity contribution in [2.24, 2.45) is 0 Å². The van der Waals surface area contributed by atoms with Crippen LogP contribution in [0.25, 0.3) is 10.2 Å². The number of halogens is 3. The van der Waals surface area contributed by atoms with E-state index in [1.165, 1.54) is 4.72 Å². The molecule has 1 heterocycles. The minimum Gasteiger partial charge on any atom is -0.251 e. The van der Waals surface area contributed by atoms with Crippen LogP contribution in [-0.2, 0) is 10.0 Å². The molecule has 4 nitrogen and oxygen atoms in total. The van der Waals surface area contributed by atoms with Crippen LogP contribution in [0.2, 0.25) is 0 Å². The van der Waals surface area contributed by atoms with Crippen molar-refractivity contribution in [2.75, 3.05) is 4.72 Å². The van der Waals surface area contributed by atoms with E-state index in [4.69, 9.17) is 0 Å². The molecule has 0 bridgehead atoms.